The summed E-state index contributed by atoms with van der Waals surface area (Å²) in [6, 6.07) is 12.4. The third-order valence-corrected chi connectivity index (χ3v) is 7.46. The topological polar surface area (TPSA) is 89.2 Å². The van der Waals surface area contributed by atoms with E-state index in [2.05, 4.69) is 32.7 Å². The van der Waals surface area contributed by atoms with Gasteiger partial charge in [-0.15, -0.1) is 0 Å². The molecule has 2 atom stereocenters. The number of hydrogen-bond acceptors (Lipinski definition) is 7. The van der Waals surface area contributed by atoms with Crippen LogP contribution in [-0.2, 0) is 12.0 Å². The third-order valence-electron chi connectivity index (χ3n) is 7.46. The normalized spacial score (nSPS) is 23.7. The monoisotopic (exact) mass is 454 g/mol. The van der Waals surface area contributed by atoms with Crippen LogP contribution >= 0.6 is 0 Å². The number of hydrogen-bond donors (Lipinski definition) is 1. The highest BCUT2D eigenvalue weighted by Crippen LogP contribution is 2.47. The minimum Gasteiger partial charge on any atom is -0.490 e. The minimum absolute atomic E-state index is 0.264. The summed E-state index contributed by atoms with van der Waals surface area (Å²) in [5.74, 6) is 2.69. The first kappa shape index (κ1) is 19.9. The maximum absolute atomic E-state index is 9.97. The van der Waals surface area contributed by atoms with Gasteiger partial charge in [0.2, 0.25) is 5.95 Å². The van der Waals surface area contributed by atoms with Gasteiger partial charge in [0.25, 0.3) is 0 Å². The lowest BCUT2D eigenvalue weighted by atomic mass is 9.83. The quantitative estimate of drug-likeness (QED) is 0.497. The van der Waals surface area contributed by atoms with Gasteiger partial charge in [-0.25, -0.2) is 19.9 Å². The average molecular weight is 455 g/mol. The van der Waals surface area contributed by atoms with E-state index in [1.165, 1.54) is 5.56 Å². The molecule has 1 saturated heterocycles. The fraction of sp³-hybridized carbons (Fsp3) is 0.385. The van der Waals surface area contributed by atoms with E-state index in [0.717, 1.165) is 72.6 Å². The number of imidazole rings is 1. The molecular formula is C26H26N6O2. The predicted octanol–water partition coefficient (Wildman–Crippen LogP) is 3.32. The Morgan fingerprint density at radius 3 is 2.79 bits per heavy atom. The van der Waals surface area contributed by atoms with Crippen molar-refractivity contribution in [3.8, 4) is 17.0 Å². The van der Waals surface area contributed by atoms with E-state index in [-0.39, 0.29) is 11.6 Å². The van der Waals surface area contributed by atoms with Crippen molar-refractivity contribution >= 4 is 17.1 Å². The number of anilines is 1. The third kappa shape index (κ3) is 2.94. The molecule has 172 valence electrons. The maximum Gasteiger partial charge on any atom is 0.225 e. The molecule has 1 aromatic carbocycles. The van der Waals surface area contributed by atoms with Crippen LogP contribution in [0.5, 0.6) is 5.75 Å². The molecule has 1 N–H and O–H groups in total. The van der Waals surface area contributed by atoms with Crippen LogP contribution in [0.4, 0.5) is 5.95 Å². The maximum atomic E-state index is 9.97. The van der Waals surface area contributed by atoms with Gasteiger partial charge < -0.3 is 14.7 Å². The summed E-state index contributed by atoms with van der Waals surface area (Å²) < 4.78 is 8.47. The molecule has 8 heteroatoms. The molecule has 2 unspecified atom stereocenters. The number of rotatable bonds is 2. The summed E-state index contributed by atoms with van der Waals surface area (Å²) in [5, 5.41) is 9.97. The number of ether oxygens (including phenoxy) is 1. The lowest BCUT2D eigenvalue weighted by Gasteiger charge is -2.35. The van der Waals surface area contributed by atoms with Gasteiger partial charge in [0.05, 0.1) is 11.8 Å². The molecule has 3 aliphatic heterocycles. The first-order valence-electron chi connectivity index (χ1n) is 12.1. The molecule has 0 amide bonds. The van der Waals surface area contributed by atoms with Gasteiger partial charge in [-0.05, 0) is 43.9 Å². The Morgan fingerprint density at radius 2 is 1.91 bits per heavy atom. The van der Waals surface area contributed by atoms with Crippen molar-refractivity contribution < 1.29 is 9.84 Å². The Bertz CT molecular complexity index is 1380. The number of piperidine rings is 1. The summed E-state index contributed by atoms with van der Waals surface area (Å²) in [5.41, 5.74) is 4.44. The zero-order valence-electron chi connectivity index (χ0n) is 18.9. The summed E-state index contributed by atoms with van der Waals surface area (Å²) in [4.78, 5) is 21.2. The van der Waals surface area contributed by atoms with Crippen LogP contribution in [-0.4, -0.2) is 55.4 Å². The van der Waals surface area contributed by atoms with Crippen LogP contribution in [0.2, 0.25) is 0 Å². The van der Waals surface area contributed by atoms with E-state index in [0.29, 0.717) is 19.1 Å². The van der Waals surface area contributed by atoms with E-state index >= 15 is 0 Å². The largest absolute Gasteiger partial charge is 0.490 e. The highest BCUT2D eigenvalue weighted by atomic mass is 16.5. The Balaban J connectivity index is 1.30. The van der Waals surface area contributed by atoms with Gasteiger partial charge in [-0.2, -0.15) is 0 Å². The molecule has 1 fully saturated rings. The van der Waals surface area contributed by atoms with Crippen molar-refractivity contribution in [1.82, 2.24) is 24.5 Å². The highest BCUT2D eigenvalue weighted by Gasteiger charge is 2.46. The Hall–Kier alpha value is -3.52. The molecule has 0 saturated carbocycles. The second-order valence-corrected chi connectivity index (χ2v) is 9.59. The van der Waals surface area contributed by atoms with Crippen molar-refractivity contribution in [1.29, 1.82) is 0 Å². The molecule has 0 bridgehead atoms. The SMILES string of the molecule is OC1CCCN(c2ncc(-c3ccc4nc5n(c4n3)C3(CCC5)COc4ccccc43)cn2)C1. The van der Waals surface area contributed by atoms with Gasteiger partial charge in [-0.3, -0.25) is 4.57 Å². The van der Waals surface area contributed by atoms with E-state index < -0.39 is 0 Å². The van der Waals surface area contributed by atoms with Gasteiger partial charge in [0.1, 0.15) is 29.2 Å². The lowest BCUT2D eigenvalue weighted by Crippen LogP contribution is -2.40. The van der Waals surface area contributed by atoms with Crippen molar-refractivity contribution in [3.05, 3.63) is 60.2 Å². The molecule has 6 heterocycles. The zero-order chi connectivity index (χ0) is 22.7. The highest BCUT2D eigenvalue weighted by molar-refractivity contribution is 5.77. The van der Waals surface area contributed by atoms with Crippen LogP contribution in [0, 0.1) is 0 Å². The van der Waals surface area contributed by atoms with Crippen molar-refractivity contribution in [2.75, 3.05) is 24.6 Å². The number of aromatic nitrogens is 5. The number of nitrogens with zero attached hydrogens (tertiary/aromatic N) is 6. The van der Waals surface area contributed by atoms with Crippen LogP contribution in [0.25, 0.3) is 22.4 Å². The van der Waals surface area contributed by atoms with Crippen molar-refractivity contribution in [2.45, 2.75) is 43.7 Å². The summed E-state index contributed by atoms with van der Waals surface area (Å²) >= 11 is 0. The van der Waals surface area contributed by atoms with Crippen LogP contribution in [0.1, 0.15) is 37.1 Å². The van der Waals surface area contributed by atoms with E-state index in [9.17, 15) is 5.11 Å². The fourth-order valence-corrected chi connectivity index (χ4v) is 5.83. The van der Waals surface area contributed by atoms with Crippen LogP contribution < -0.4 is 9.64 Å². The van der Waals surface area contributed by atoms with Gasteiger partial charge in [0.15, 0.2) is 5.65 Å². The number of aryl methyl sites for hydroxylation is 1. The lowest BCUT2D eigenvalue weighted by molar-refractivity contribution is 0.153. The summed E-state index contributed by atoms with van der Waals surface area (Å²) in [6.45, 7) is 2.06. The number of para-hydroxylation sites is 1. The van der Waals surface area contributed by atoms with Crippen LogP contribution in [0.3, 0.4) is 0 Å². The first-order valence-corrected chi connectivity index (χ1v) is 12.1. The van der Waals surface area contributed by atoms with Crippen molar-refractivity contribution in [3.63, 3.8) is 0 Å². The standard InChI is InChI=1S/C26H26N6O2/c33-18-5-4-12-31(15-18)25-27-13-17(14-28-25)20-9-10-21-24(30-20)32-23(29-21)8-3-11-26(32)16-34-22-7-2-1-6-19(22)26/h1-2,6-7,9-10,13-14,18,33H,3-5,8,11-12,15-16H2. The average Bonchev–Trinajstić information content (AvgIpc) is 3.43. The molecule has 3 aliphatic rings. The smallest absolute Gasteiger partial charge is 0.225 e. The molecule has 3 aromatic heterocycles. The van der Waals surface area contributed by atoms with Gasteiger partial charge >= 0.3 is 0 Å². The number of benzene rings is 1. The second-order valence-electron chi connectivity index (χ2n) is 9.59. The Kier molecular flexibility index (Phi) is 4.39. The van der Waals surface area contributed by atoms with E-state index in [1.54, 1.807) is 0 Å². The second kappa shape index (κ2) is 7.50. The van der Waals surface area contributed by atoms with Gasteiger partial charge in [0, 0.05) is 43.0 Å². The Labute approximate surface area is 197 Å². The Morgan fingerprint density at radius 1 is 1.03 bits per heavy atom. The predicted molar refractivity (Wildman–Crippen MR) is 128 cm³/mol. The minimum atomic E-state index is -0.314. The number of aliphatic hydroxyl groups excluding tert-OH is 1. The molecule has 34 heavy (non-hydrogen) atoms. The number of fused-ring (bicyclic) bond motifs is 6. The molecule has 7 rings (SSSR count). The first-order chi connectivity index (χ1) is 16.7. The zero-order valence-corrected chi connectivity index (χ0v) is 18.9. The molecule has 4 aromatic rings. The molecule has 1 spiro atoms. The van der Waals surface area contributed by atoms with Crippen molar-refractivity contribution in [2.24, 2.45) is 0 Å². The number of aliphatic hydroxyl groups is 1. The molecule has 8 nitrogen and oxygen atoms in total. The van der Waals surface area contributed by atoms with Gasteiger partial charge in [-0.1, -0.05) is 18.2 Å². The van der Waals surface area contributed by atoms with E-state index in [4.69, 9.17) is 14.7 Å². The molecule has 0 radical (unpaired) electrons. The molecule has 0 aliphatic carbocycles. The summed E-state index contributed by atoms with van der Waals surface area (Å²) in [6.07, 6.45) is 8.16. The fourth-order valence-electron chi connectivity index (χ4n) is 5.83. The summed E-state index contributed by atoms with van der Waals surface area (Å²) in [7, 11) is 0. The van der Waals surface area contributed by atoms with Crippen LogP contribution in [0.15, 0.2) is 48.8 Å². The van der Waals surface area contributed by atoms with E-state index in [1.807, 2.05) is 35.5 Å². The number of pyridine rings is 1. The molecular weight excluding hydrogens is 428 g/mol. The number of β-amino-alcohol motifs (C(OH)–C–C–N with tert-alkyl or cyclic N) is 1.